The second kappa shape index (κ2) is 8.52. The molecule has 80 valence electrons. The van der Waals surface area contributed by atoms with Gasteiger partial charge in [0.2, 0.25) is 0 Å². The molecular formula is C11H25NO. The SMILES string of the molecule is CCC[C@H](CCCNC(C)C)OC. The van der Waals surface area contributed by atoms with Crippen LogP contribution in [-0.4, -0.2) is 25.8 Å². The van der Waals surface area contributed by atoms with Gasteiger partial charge < -0.3 is 10.1 Å². The minimum atomic E-state index is 0.471. The first-order chi connectivity index (χ1) is 6.20. The number of methoxy groups -OCH3 is 1. The van der Waals surface area contributed by atoms with Gasteiger partial charge in [-0.15, -0.1) is 0 Å². The topological polar surface area (TPSA) is 21.3 Å². The van der Waals surface area contributed by atoms with E-state index in [1.165, 1.54) is 25.7 Å². The first kappa shape index (κ1) is 12.9. The van der Waals surface area contributed by atoms with Gasteiger partial charge in [-0.25, -0.2) is 0 Å². The molecule has 0 rings (SSSR count). The lowest BCUT2D eigenvalue weighted by atomic mass is 10.1. The highest BCUT2D eigenvalue weighted by Crippen LogP contribution is 2.07. The Morgan fingerprint density at radius 2 is 1.92 bits per heavy atom. The van der Waals surface area contributed by atoms with Gasteiger partial charge in [-0.3, -0.25) is 0 Å². The quantitative estimate of drug-likeness (QED) is 0.590. The molecule has 0 bridgehead atoms. The van der Waals surface area contributed by atoms with Gasteiger partial charge in [0.15, 0.2) is 0 Å². The lowest BCUT2D eigenvalue weighted by Crippen LogP contribution is -2.24. The third-order valence-corrected chi connectivity index (χ3v) is 2.20. The summed E-state index contributed by atoms with van der Waals surface area (Å²) in [6.07, 6.45) is 5.29. The molecule has 2 nitrogen and oxygen atoms in total. The minimum Gasteiger partial charge on any atom is -0.381 e. The predicted octanol–water partition coefficient (Wildman–Crippen LogP) is 2.58. The fourth-order valence-corrected chi connectivity index (χ4v) is 1.42. The molecule has 13 heavy (non-hydrogen) atoms. The van der Waals surface area contributed by atoms with Crippen molar-refractivity contribution in [1.82, 2.24) is 5.32 Å². The number of nitrogens with one attached hydrogen (secondary N) is 1. The molecule has 0 heterocycles. The Morgan fingerprint density at radius 1 is 1.23 bits per heavy atom. The molecule has 0 aromatic carbocycles. The van der Waals surface area contributed by atoms with Crippen LogP contribution >= 0.6 is 0 Å². The van der Waals surface area contributed by atoms with E-state index in [4.69, 9.17) is 4.74 Å². The van der Waals surface area contributed by atoms with Crippen LogP contribution in [0.2, 0.25) is 0 Å². The van der Waals surface area contributed by atoms with Gasteiger partial charge >= 0.3 is 0 Å². The van der Waals surface area contributed by atoms with Gasteiger partial charge in [0.05, 0.1) is 6.10 Å². The van der Waals surface area contributed by atoms with Crippen LogP contribution in [0.5, 0.6) is 0 Å². The minimum absolute atomic E-state index is 0.471. The van der Waals surface area contributed by atoms with Crippen molar-refractivity contribution in [2.24, 2.45) is 0 Å². The molecule has 0 saturated heterocycles. The van der Waals surface area contributed by atoms with Crippen LogP contribution in [0, 0.1) is 0 Å². The summed E-state index contributed by atoms with van der Waals surface area (Å²) in [5.74, 6) is 0. The Labute approximate surface area is 83.1 Å². The number of rotatable bonds is 8. The monoisotopic (exact) mass is 187 g/mol. The molecule has 0 radical (unpaired) electrons. The zero-order valence-corrected chi connectivity index (χ0v) is 9.60. The number of ether oxygens (including phenoxy) is 1. The van der Waals surface area contributed by atoms with Crippen LogP contribution in [0.15, 0.2) is 0 Å². The van der Waals surface area contributed by atoms with Crippen molar-refractivity contribution < 1.29 is 4.74 Å². The summed E-state index contributed by atoms with van der Waals surface area (Å²) in [6, 6.07) is 0.604. The molecule has 0 amide bonds. The van der Waals surface area contributed by atoms with E-state index in [2.05, 4.69) is 26.1 Å². The Hall–Kier alpha value is -0.0800. The third kappa shape index (κ3) is 8.26. The number of hydrogen-bond donors (Lipinski definition) is 1. The Balaban J connectivity index is 3.27. The van der Waals surface area contributed by atoms with Crippen LogP contribution in [0.3, 0.4) is 0 Å². The molecule has 0 aliphatic rings. The zero-order valence-electron chi connectivity index (χ0n) is 9.60. The van der Waals surface area contributed by atoms with E-state index in [-0.39, 0.29) is 0 Å². The maximum absolute atomic E-state index is 5.37. The van der Waals surface area contributed by atoms with Gasteiger partial charge in [-0.2, -0.15) is 0 Å². The van der Waals surface area contributed by atoms with Crippen molar-refractivity contribution in [3.05, 3.63) is 0 Å². The molecule has 0 spiro atoms. The van der Waals surface area contributed by atoms with E-state index in [1.54, 1.807) is 0 Å². The molecular weight excluding hydrogens is 162 g/mol. The Bertz CT molecular complexity index is 104. The van der Waals surface area contributed by atoms with Gasteiger partial charge in [-0.1, -0.05) is 27.2 Å². The van der Waals surface area contributed by atoms with Gasteiger partial charge in [0, 0.05) is 13.2 Å². The van der Waals surface area contributed by atoms with Gasteiger partial charge in [-0.05, 0) is 25.8 Å². The highest BCUT2D eigenvalue weighted by Gasteiger charge is 2.04. The normalized spacial score (nSPS) is 13.6. The van der Waals surface area contributed by atoms with Crippen molar-refractivity contribution in [3.63, 3.8) is 0 Å². The van der Waals surface area contributed by atoms with Gasteiger partial charge in [0.25, 0.3) is 0 Å². The van der Waals surface area contributed by atoms with Crippen LogP contribution < -0.4 is 5.32 Å². The molecule has 0 aromatic heterocycles. The average Bonchev–Trinajstić information content (AvgIpc) is 2.10. The van der Waals surface area contributed by atoms with Crippen LogP contribution in [0.1, 0.15) is 46.5 Å². The predicted molar refractivity (Wildman–Crippen MR) is 58.1 cm³/mol. The summed E-state index contributed by atoms with van der Waals surface area (Å²) in [7, 11) is 1.82. The van der Waals surface area contributed by atoms with E-state index >= 15 is 0 Å². The second-order valence-corrected chi connectivity index (χ2v) is 3.90. The van der Waals surface area contributed by atoms with Crippen molar-refractivity contribution in [3.8, 4) is 0 Å². The summed E-state index contributed by atoms with van der Waals surface area (Å²) < 4.78 is 5.37. The van der Waals surface area contributed by atoms with E-state index in [9.17, 15) is 0 Å². The molecule has 0 aliphatic heterocycles. The number of hydrogen-bond acceptors (Lipinski definition) is 2. The van der Waals surface area contributed by atoms with Crippen LogP contribution in [-0.2, 0) is 4.74 Å². The van der Waals surface area contributed by atoms with Crippen molar-refractivity contribution in [1.29, 1.82) is 0 Å². The van der Waals surface area contributed by atoms with Crippen molar-refractivity contribution >= 4 is 0 Å². The van der Waals surface area contributed by atoms with E-state index < -0.39 is 0 Å². The molecule has 2 heteroatoms. The smallest absolute Gasteiger partial charge is 0.0571 e. The first-order valence-electron chi connectivity index (χ1n) is 5.46. The molecule has 0 unspecified atom stereocenters. The average molecular weight is 187 g/mol. The summed E-state index contributed by atoms with van der Waals surface area (Å²) in [5.41, 5.74) is 0. The molecule has 1 atom stereocenters. The maximum atomic E-state index is 5.37. The highest BCUT2D eigenvalue weighted by atomic mass is 16.5. The van der Waals surface area contributed by atoms with E-state index in [1.807, 2.05) is 7.11 Å². The van der Waals surface area contributed by atoms with Crippen molar-refractivity contribution in [2.75, 3.05) is 13.7 Å². The van der Waals surface area contributed by atoms with Crippen LogP contribution in [0.25, 0.3) is 0 Å². The maximum Gasteiger partial charge on any atom is 0.0571 e. The highest BCUT2D eigenvalue weighted by molar-refractivity contribution is 4.59. The molecule has 0 saturated carbocycles. The van der Waals surface area contributed by atoms with E-state index in [0.29, 0.717) is 12.1 Å². The molecule has 0 fully saturated rings. The standard InChI is InChI=1S/C11H25NO/c1-5-7-11(13-4)8-6-9-12-10(2)3/h10-12H,5-9H2,1-4H3/t11-/m1/s1. The molecule has 0 aromatic rings. The van der Waals surface area contributed by atoms with Crippen LogP contribution in [0.4, 0.5) is 0 Å². The summed E-state index contributed by atoms with van der Waals surface area (Å²) in [5, 5.41) is 3.41. The lowest BCUT2D eigenvalue weighted by Gasteiger charge is -2.14. The summed E-state index contributed by atoms with van der Waals surface area (Å²) >= 11 is 0. The third-order valence-electron chi connectivity index (χ3n) is 2.20. The van der Waals surface area contributed by atoms with Crippen molar-refractivity contribution in [2.45, 2.75) is 58.6 Å². The zero-order chi connectivity index (χ0) is 10.1. The van der Waals surface area contributed by atoms with E-state index in [0.717, 1.165) is 6.54 Å². The fraction of sp³-hybridized carbons (Fsp3) is 1.00. The molecule has 1 N–H and O–H groups in total. The Morgan fingerprint density at radius 3 is 2.38 bits per heavy atom. The van der Waals surface area contributed by atoms with Gasteiger partial charge in [0.1, 0.15) is 0 Å². The largest absolute Gasteiger partial charge is 0.381 e. The Kier molecular flexibility index (Phi) is 8.46. The summed E-state index contributed by atoms with van der Waals surface area (Å²) in [4.78, 5) is 0. The lowest BCUT2D eigenvalue weighted by molar-refractivity contribution is 0.0855. The first-order valence-corrected chi connectivity index (χ1v) is 5.46. The summed E-state index contributed by atoms with van der Waals surface area (Å²) in [6.45, 7) is 7.68. The molecule has 0 aliphatic carbocycles. The fourth-order valence-electron chi connectivity index (χ4n) is 1.42. The second-order valence-electron chi connectivity index (χ2n) is 3.90.